The predicted molar refractivity (Wildman–Crippen MR) is 61.7 cm³/mol. The molecule has 1 atom stereocenters. The third-order valence-corrected chi connectivity index (χ3v) is 2.87. The Morgan fingerprint density at radius 1 is 1.53 bits per heavy atom. The van der Waals surface area contributed by atoms with E-state index in [0.29, 0.717) is 19.7 Å². The largest absolute Gasteiger partial charge is 0.481 e. The van der Waals surface area contributed by atoms with Crippen LogP contribution in [-0.4, -0.2) is 61.3 Å². The van der Waals surface area contributed by atoms with Gasteiger partial charge in [0, 0.05) is 26.2 Å². The Morgan fingerprint density at radius 2 is 2.29 bits per heavy atom. The van der Waals surface area contributed by atoms with E-state index in [2.05, 4.69) is 5.32 Å². The van der Waals surface area contributed by atoms with Crippen LogP contribution < -0.4 is 5.32 Å². The number of rotatable bonds is 7. The molecule has 0 spiro atoms. The van der Waals surface area contributed by atoms with E-state index in [-0.39, 0.29) is 24.9 Å². The summed E-state index contributed by atoms with van der Waals surface area (Å²) in [7, 11) is 1.60. The lowest BCUT2D eigenvalue weighted by molar-refractivity contribution is -0.139. The van der Waals surface area contributed by atoms with Gasteiger partial charge in [-0.1, -0.05) is 0 Å². The maximum Gasteiger partial charge on any atom is 0.305 e. The maximum atomic E-state index is 11.8. The monoisotopic (exact) mass is 244 g/mol. The molecule has 6 nitrogen and oxygen atoms in total. The molecular formula is C11H20N2O4. The third-order valence-electron chi connectivity index (χ3n) is 2.87. The summed E-state index contributed by atoms with van der Waals surface area (Å²) in [5, 5.41) is 11.7. The van der Waals surface area contributed by atoms with Crippen molar-refractivity contribution in [2.45, 2.75) is 25.3 Å². The number of hydrogen-bond donors (Lipinski definition) is 2. The molecule has 1 aliphatic heterocycles. The minimum Gasteiger partial charge on any atom is -0.481 e. The van der Waals surface area contributed by atoms with Gasteiger partial charge in [0.25, 0.3) is 0 Å². The van der Waals surface area contributed by atoms with Gasteiger partial charge in [-0.05, 0) is 12.8 Å². The molecular weight excluding hydrogens is 224 g/mol. The van der Waals surface area contributed by atoms with Crippen LogP contribution in [0.25, 0.3) is 0 Å². The number of hydrogen-bond acceptors (Lipinski definition) is 4. The van der Waals surface area contributed by atoms with Gasteiger partial charge in [-0.25, -0.2) is 0 Å². The summed E-state index contributed by atoms with van der Waals surface area (Å²) in [5.41, 5.74) is 0. The van der Waals surface area contributed by atoms with E-state index in [9.17, 15) is 9.59 Å². The number of carbonyl (C=O) groups excluding carboxylic acids is 1. The van der Waals surface area contributed by atoms with Gasteiger partial charge in [-0.3, -0.25) is 9.59 Å². The van der Waals surface area contributed by atoms with Crippen molar-refractivity contribution in [2.24, 2.45) is 0 Å². The first-order valence-corrected chi connectivity index (χ1v) is 5.86. The SMILES string of the molecule is COCCNCC(=O)N1CCCC1CC(=O)O. The number of nitrogens with zero attached hydrogens (tertiary/aromatic N) is 1. The van der Waals surface area contributed by atoms with Gasteiger partial charge in [-0.2, -0.15) is 0 Å². The first-order chi connectivity index (χ1) is 8.15. The molecule has 1 heterocycles. The first kappa shape index (κ1) is 13.9. The van der Waals surface area contributed by atoms with E-state index < -0.39 is 5.97 Å². The zero-order valence-corrected chi connectivity index (χ0v) is 10.1. The van der Waals surface area contributed by atoms with Gasteiger partial charge < -0.3 is 20.1 Å². The second-order valence-corrected chi connectivity index (χ2v) is 4.15. The van der Waals surface area contributed by atoms with Crippen molar-refractivity contribution >= 4 is 11.9 Å². The van der Waals surface area contributed by atoms with E-state index >= 15 is 0 Å². The summed E-state index contributed by atoms with van der Waals surface area (Å²) < 4.78 is 4.86. The van der Waals surface area contributed by atoms with Gasteiger partial charge in [0.1, 0.15) is 0 Å². The van der Waals surface area contributed by atoms with E-state index in [0.717, 1.165) is 12.8 Å². The van der Waals surface area contributed by atoms with Crippen LogP contribution in [-0.2, 0) is 14.3 Å². The van der Waals surface area contributed by atoms with Crippen LogP contribution in [0.15, 0.2) is 0 Å². The van der Waals surface area contributed by atoms with Crippen LogP contribution in [0.3, 0.4) is 0 Å². The van der Waals surface area contributed by atoms with Crippen LogP contribution in [0.1, 0.15) is 19.3 Å². The van der Waals surface area contributed by atoms with Crippen LogP contribution in [0, 0.1) is 0 Å². The lowest BCUT2D eigenvalue weighted by atomic mass is 10.1. The fourth-order valence-corrected chi connectivity index (χ4v) is 2.05. The summed E-state index contributed by atoms with van der Waals surface area (Å²) in [6.45, 7) is 2.10. The van der Waals surface area contributed by atoms with Gasteiger partial charge in [0.2, 0.25) is 5.91 Å². The number of likely N-dealkylation sites (tertiary alicyclic amines) is 1. The van der Waals surface area contributed by atoms with Crippen molar-refractivity contribution < 1.29 is 19.4 Å². The van der Waals surface area contributed by atoms with Crippen molar-refractivity contribution in [1.29, 1.82) is 0 Å². The molecule has 17 heavy (non-hydrogen) atoms. The van der Waals surface area contributed by atoms with Crippen LogP contribution in [0.4, 0.5) is 0 Å². The Hall–Kier alpha value is -1.14. The van der Waals surface area contributed by atoms with E-state index in [1.54, 1.807) is 12.0 Å². The maximum absolute atomic E-state index is 11.8. The highest BCUT2D eigenvalue weighted by Crippen LogP contribution is 2.19. The second kappa shape index (κ2) is 7.24. The third kappa shape index (κ3) is 4.70. The van der Waals surface area contributed by atoms with Gasteiger partial charge in [0.05, 0.1) is 19.6 Å². The predicted octanol–water partition coefficient (Wildman–Crippen LogP) is -0.312. The minimum absolute atomic E-state index is 0.0233. The Labute approximate surface area is 101 Å². The lowest BCUT2D eigenvalue weighted by Crippen LogP contribution is -2.42. The zero-order chi connectivity index (χ0) is 12.7. The molecule has 0 bridgehead atoms. The van der Waals surface area contributed by atoms with Gasteiger partial charge in [-0.15, -0.1) is 0 Å². The van der Waals surface area contributed by atoms with E-state index in [4.69, 9.17) is 9.84 Å². The average Bonchev–Trinajstić information content (AvgIpc) is 2.71. The molecule has 0 saturated carbocycles. The summed E-state index contributed by atoms with van der Waals surface area (Å²) in [6, 6.07) is -0.135. The number of ether oxygens (including phenoxy) is 1. The summed E-state index contributed by atoms with van der Waals surface area (Å²) >= 11 is 0. The zero-order valence-electron chi connectivity index (χ0n) is 10.1. The smallest absolute Gasteiger partial charge is 0.305 e. The quantitative estimate of drug-likeness (QED) is 0.600. The number of carboxylic acid groups (broad SMARTS) is 1. The molecule has 1 saturated heterocycles. The number of methoxy groups -OCH3 is 1. The van der Waals surface area contributed by atoms with Crippen LogP contribution >= 0.6 is 0 Å². The highest BCUT2D eigenvalue weighted by Gasteiger charge is 2.29. The van der Waals surface area contributed by atoms with Crippen LogP contribution in [0.2, 0.25) is 0 Å². The van der Waals surface area contributed by atoms with Crippen molar-refractivity contribution in [2.75, 3.05) is 33.4 Å². The normalized spacial score (nSPS) is 19.6. The van der Waals surface area contributed by atoms with Crippen molar-refractivity contribution in [3.8, 4) is 0 Å². The number of nitrogens with one attached hydrogen (secondary N) is 1. The molecule has 0 radical (unpaired) electrons. The van der Waals surface area contributed by atoms with Crippen LogP contribution in [0.5, 0.6) is 0 Å². The molecule has 1 unspecified atom stereocenters. The topological polar surface area (TPSA) is 78.9 Å². The molecule has 2 N–H and O–H groups in total. The molecule has 6 heteroatoms. The molecule has 0 aliphatic carbocycles. The summed E-state index contributed by atoms with van der Waals surface area (Å²) in [6.07, 6.45) is 1.72. The Kier molecular flexibility index (Phi) is 5.93. The molecule has 98 valence electrons. The molecule has 0 aromatic heterocycles. The van der Waals surface area contributed by atoms with Crippen molar-refractivity contribution in [1.82, 2.24) is 10.2 Å². The van der Waals surface area contributed by atoms with Crippen molar-refractivity contribution in [3.63, 3.8) is 0 Å². The standard InChI is InChI=1S/C11H20N2O4/c1-17-6-4-12-8-10(14)13-5-2-3-9(13)7-11(15)16/h9,12H,2-8H2,1H3,(H,15,16). The fourth-order valence-electron chi connectivity index (χ4n) is 2.05. The average molecular weight is 244 g/mol. The van der Waals surface area contributed by atoms with E-state index in [1.165, 1.54) is 0 Å². The molecule has 1 fully saturated rings. The Bertz CT molecular complexity index is 270. The number of amides is 1. The highest BCUT2D eigenvalue weighted by atomic mass is 16.5. The molecule has 1 rings (SSSR count). The molecule has 1 amide bonds. The van der Waals surface area contributed by atoms with E-state index in [1.807, 2.05) is 0 Å². The molecule has 1 aliphatic rings. The summed E-state index contributed by atoms with van der Waals surface area (Å²) in [5.74, 6) is -0.869. The fraction of sp³-hybridized carbons (Fsp3) is 0.818. The minimum atomic E-state index is -0.845. The summed E-state index contributed by atoms with van der Waals surface area (Å²) in [4.78, 5) is 24.2. The number of carbonyl (C=O) groups is 2. The molecule has 0 aromatic carbocycles. The first-order valence-electron chi connectivity index (χ1n) is 5.86. The highest BCUT2D eigenvalue weighted by molar-refractivity contribution is 5.79. The van der Waals surface area contributed by atoms with Gasteiger partial charge >= 0.3 is 5.97 Å². The Balaban J connectivity index is 2.31. The van der Waals surface area contributed by atoms with Gasteiger partial charge in [0.15, 0.2) is 0 Å². The molecule has 0 aromatic rings. The lowest BCUT2D eigenvalue weighted by Gasteiger charge is -2.23. The Morgan fingerprint density at radius 3 is 2.94 bits per heavy atom. The second-order valence-electron chi connectivity index (χ2n) is 4.15. The number of aliphatic carboxylic acids is 1. The van der Waals surface area contributed by atoms with Crippen molar-refractivity contribution in [3.05, 3.63) is 0 Å². The number of carboxylic acids is 1.